The highest BCUT2D eigenvalue weighted by Gasteiger charge is 2.50. The van der Waals surface area contributed by atoms with Crippen LogP contribution in [0.15, 0.2) is 479 Å². The van der Waals surface area contributed by atoms with Crippen molar-refractivity contribution in [2.45, 2.75) is 57.3 Å². The smallest absolute Gasteiger partial charge is 0.184 e. The van der Waals surface area contributed by atoms with Crippen molar-refractivity contribution in [3.63, 3.8) is 0 Å². The van der Waals surface area contributed by atoms with Gasteiger partial charge in [-0.25, -0.2) is 9.97 Å². The number of hydrogen-bond donors (Lipinski definition) is 0. The number of benzene rings is 21. The fourth-order valence-corrected chi connectivity index (χ4v) is 30.6. The molecule has 7 heteroatoms. The molecule has 4 aromatic heterocycles. The Bertz CT molecular complexity index is 9470. The van der Waals surface area contributed by atoms with Gasteiger partial charge in [-0.3, -0.25) is 9.80 Å². The van der Waals surface area contributed by atoms with Crippen LogP contribution in [0.5, 0.6) is 0 Å². The fourth-order valence-electron chi connectivity index (χ4n) is 25.4. The Morgan fingerprint density at radius 2 is 0.824 bits per heavy atom. The highest BCUT2D eigenvalue weighted by molar-refractivity contribution is 7.21. The van der Waals surface area contributed by atoms with E-state index in [-0.39, 0.29) is 16.7 Å². The van der Waals surface area contributed by atoms with Gasteiger partial charge in [0.2, 0.25) is 0 Å². The summed E-state index contributed by atoms with van der Waals surface area (Å²) in [7, 11) is -2.96. The van der Waals surface area contributed by atoms with Crippen molar-refractivity contribution in [1.82, 2.24) is 19.1 Å². The topological polar surface area (TPSA) is 42.1 Å². The van der Waals surface area contributed by atoms with E-state index in [0.717, 1.165) is 46.8 Å². The van der Waals surface area contributed by atoms with Crippen LogP contribution in [-0.4, -0.2) is 27.2 Å². The minimum atomic E-state index is -2.96. The molecule has 0 spiro atoms. The zero-order valence-electron chi connectivity index (χ0n) is 79.3. The summed E-state index contributed by atoms with van der Waals surface area (Å²) < 4.78 is 4.89. The summed E-state index contributed by atoms with van der Waals surface area (Å²) in [6, 6.07) is 177. The van der Waals surface area contributed by atoms with Crippen molar-refractivity contribution >= 4 is 161 Å². The molecule has 0 amide bonds. The van der Waals surface area contributed by atoms with Crippen LogP contribution in [0.25, 0.3) is 165 Å². The number of nitrogens with zero attached hydrogens (tertiary/aromatic N) is 6. The van der Waals surface area contributed by atoms with Crippen LogP contribution in [0.3, 0.4) is 0 Å². The van der Waals surface area contributed by atoms with E-state index in [1.165, 1.54) is 225 Å². The maximum Gasteiger partial charge on any atom is 0.184 e. The van der Waals surface area contributed by atoms with Crippen molar-refractivity contribution in [3.05, 3.63) is 518 Å². The third-order valence-corrected chi connectivity index (χ3v) is 37.0. The largest absolute Gasteiger partial charge is 0.309 e. The second-order valence-corrected chi connectivity index (χ2v) is 43.3. The first-order valence-corrected chi connectivity index (χ1v) is 52.0. The van der Waals surface area contributed by atoms with Gasteiger partial charge >= 0.3 is 0 Å². The molecule has 2 aliphatic carbocycles. The molecule has 0 saturated heterocycles. The Morgan fingerprint density at radius 3 is 1.59 bits per heavy atom. The normalized spacial score (nSPS) is 14.3. The third kappa shape index (κ3) is 12.5. The Morgan fingerprint density at radius 1 is 0.282 bits per heavy atom. The standard InChI is InChI=1S/C71H46N4Si.C64H50N2/c1-4-19-53(20-5-1)74-64-29-15-11-25-57(64)59-38-33-51-42-52-43-54(37-32-49(52)44-60(51)71(59)74)73-63-28-14-12-26-58(63)61-45-48(34-39-65(61)73)50-35-40-67-69(46-50)76(55-21-6-2-7-22-55,56-23-8-3-9-24-56)68-31-17-16-30-66(68)75(67)70-41-36-47-18-10-13-27-62(47)72-70;1-5-64(6-2)54-21-13-12-20-51(54)62-52-37-47-35-46(24-23-41(47)34-45(52)26-30-55(62)64)61-49-19-11-10-18-48(49)53-36-42(25-29-50(53)61)44-28-32-59-57(39-44)63(3,4)56-38-43(40-16-8-7-9-17-40)27-31-58(56)66(59)60-22-14-15-33-65-60/h1-46H;7-39,61H,5-6H2,1-4H3. The quantitative estimate of drug-likeness (QED) is 0.0903. The van der Waals surface area contributed by atoms with Gasteiger partial charge in [-0.15, -0.1) is 0 Å². The Kier molecular flexibility index (Phi) is 18.9. The molecular formula is C135H96N6Si. The van der Waals surface area contributed by atoms with Gasteiger partial charge in [-0.05, 0) is 311 Å². The Balaban J connectivity index is 0.000000140. The first-order valence-electron chi connectivity index (χ1n) is 50.0. The van der Waals surface area contributed by atoms with E-state index in [4.69, 9.17) is 9.97 Å². The summed E-state index contributed by atoms with van der Waals surface area (Å²) in [6.45, 7) is 9.48. The highest BCUT2D eigenvalue weighted by atomic mass is 28.3. The first kappa shape index (κ1) is 82.9. The number of pyridine rings is 2. The summed E-state index contributed by atoms with van der Waals surface area (Å²) in [6.07, 6.45) is 4.08. The predicted octanol–water partition coefficient (Wildman–Crippen LogP) is 32.6. The van der Waals surface area contributed by atoms with E-state index in [0.29, 0.717) is 0 Å². The number of fused-ring (bicyclic) bond motifs is 23. The van der Waals surface area contributed by atoms with Crippen LogP contribution in [-0.2, 0) is 10.8 Å². The lowest BCUT2D eigenvalue weighted by Gasteiger charge is -2.44. The van der Waals surface area contributed by atoms with Crippen LogP contribution in [0.1, 0.15) is 85.4 Å². The predicted molar refractivity (Wildman–Crippen MR) is 599 cm³/mol. The second-order valence-electron chi connectivity index (χ2n) is 39.6. The Hall–Kier alpha value is -17.4. The molecule has 1 unspecified atom stereocenters. The van der Waals surface area contributed by atoms with Gasteiger partial charge in [0.25, 0.3) is 0 Å². The molecule has 29 rings (SSSR count). The molecule has 0 bridgehead atoms. The second kappa shape index (κ2) is 32.4. The number of para-hydroxylation sites is 5. The van der Waals surface area contributed by atoms with E-state index < -0.39 is 8.07 Å². The number of aromatic nitrogens is 4. The van der Waals surface area contributed by atoms with Crippen LogP contribution in [0.2, 0.25) is 0 Å². The maximum atomic E-state index is 5.36. The van der Waals surface area contributed by atoms with Crippen LogP contribution >= 0.6 is 0 Å². The lowest BCUT2D eigenvalue weighted by molar-refractivity contribution is 0.490. The van der Waals surface area contributed by atoms with E-state index in [1.54, 1.807) is 0 Å². The summed E-state index contributed by atoms with van der Waals surface area (Å²) in [4.78, 5) is 15.0. The van der Waals surface area contributed by atoms with Gasteiger partial charge in [0, 0.05) is 78.0 Å². The molecule has 6 heterocycles. The zero-order chi connectivity index (χ0) is 94.2. The molecule has 670 valence electrons. The van der Waals surface area contributed by atoms with E-state index in [9.17, 15) is 0 Å². The van der Waals surface area contributed by atoms with Gasteiger partial charge in [0.05, 0.1) is 39.0 Å². The lowest BCUT2D eigenvalue weighted by Crippen LogP contribution is -2.77. The average Bonchev–Trinajstić information content (AvgIpc) is 1.11. The maximum absolute atomic E-state index is 5.36. The number of hydrogen-bond acceptors (Lipinski definition) is 4. The summed E-state index contributed by atoms with van der Waals surface area (Å²) in [5, 5.41) is 21.6. The molecule has 0 fully saturated rings. The zero-order valence-corrected chi connectivity index (χ0v) is 80.3. The molecule has 1 atom stereocenters. The molecule has 4 aliphatic rings. The first-order chi connectivity index (χ1) is 70.0. The molecular weight excluding hydrogens is 1730 g/mol. The highest BCUT2D eigenvalue weighted by Crippen LogP contribution is 2.58. The van der Waals surface area contributed by atoms with Crippen LogP contribution in [0.4, 0.5) is 34.4 Å². The van der Waals surface area contributed by atoms with Crippen molar-refractivity contribution < 1.29 is 0 Å². The van der Waals surface area contributed by atoms with Gasteiger partial charge in [-0.1, -0.05) is 355 Å². The van der Waals surface area contributed by atoms with Gasteiger partial charge in [0.15, 0.2) is 8.07 Å². The molecule has 25 aromatic rings. The fraction of sp³-hybridized carbons (Fsp3) is 0.0667. The molecule has 0 N–H and O–H groups in total. The molecule has 6 nitrogen and oxygen atoms in total. The van der Waals surface area contributed by atoms with Crippen molar-refractivity contribution in [2.24, 2.45) is 0 Å². The van der Waals surface area contributed by atoms with Crippen molar-refractivity contribution in [2.75, 3.05) is 9.80 Å². The van der Waals surface area contributed by atoms with E-state index >= 15 is 0 Å². The monoisotopic (exact) mass is 1830 g/mol. The van der Waals surface area contributed by atoms with Crippen LogP contribution < -0.4 is 30.5 Å². The summed E-state index contributed by atoms with van der Waals surface area (Å²) >= 11 is 0. The molecule has 2 aliphatic heterocycles. The number of rotatable bonds is 12. The van der Waals surface area contributed by atoms with E-state index in [2.05, 4.69) is 514 Å². The molecule has 21 aromatic carbocycles. The van der Waals surface area contributed by atoms with Gasteiger partial charge in [-0.2, -0.15) is 0 Å². The van der Waals surface area contributed by atoms with Crippen molar-refractivity contribution in [1.29, 1.82) is 0 Å². The van der Waals surface area contributed by atoms with E-state index in [1.807, 2.05) is 12.3 Å². The average molecular weight is 1830 g/mol. The minimum absolute atomic E-state index is 0.0559. The lowest BCUT2D eigenvalue weighted by atomic mass is 9.72. The summed E-state index contributed by atoms with van der Waals surface area (Å²) in [5.41, 5.74) is 34.9. The molecule has 0 radical (unpaired) electrons. The SMILES string of the molecule is CCC1(CC)c2ccccc2-c2c1ccc1cc3ccc(C4c5ccccc5-c5cc(-c6ccc7c(c6)C(C)(C)c6cc(-c8ccccc8)ccc6N7c6ccccn6)ccc54)cc3cc21.c1ccc(-n2c3ccccc3c3ccc4cc5cc(-n6c7ccccc7c7cc(-c8ccc9c(c8)[Si](c8ccccc8)(c8ccccc8)c8ccccc8N9c8ccc9ccccc9n8)ccc76)ccc5cc4c32)cc1. The van der Waals surface area contributed by atoms with Gasteiger partial charge in [0.1, 0.15) is 11.6 Å². The van der Waals surface area contributed by atoms with Crippen molar-refractivity contribution in [3.8, 4) is 67.0 Å². The van der Waals surface area contributed by atoms with Gasteiger partial charge < -0.3 is 9.13 Å². The third-order valence-electron chi connectivity index (χ3n) is 32.1. The minimum Gasteiger partial charge on any atom is -0.309 e. The Labute approximate surface area is 826 Å². The molecule has 0 saturated carbocycles. The number of anilines is 6. The summed E-state index contributed by atoms with van der Waals surface area (Å²) in [5.74, 6) is 1.97. The van der Waals surface area contributed by atoms with Crippen LogP contribution in [0, 0.1) is 0 Å². The molecule has 142 heavy (non-hydrogen) atoms.